The summed E-state index contributed by atoms with van der Waals surface area (Å²) in [6, 6.07) is -0.557. The summed E-state index contributed by atoms with van der Waals surface area (Å²) in [6.45, 7) is 4.88. The van der Waals surface area contributed by atoms with Gasteiger partial charge in [-0.15, -0.1) is 0 Å². The van der Waals surface area contributed by atoms with Crippen LogP contribution in [0.4, 0.5) is 0 Å². The van der Waals surface area contributed by atoms with E-state index in [4.69, 9.17) is 4.74 Å². The number of carbonyl (C=O) groups excluding carboxylic acids is 2. The predicted octanol–water partition coefficient (Wildman–Crippen LogP) is 15.7. The van der Waals surface area contributed by atoms with Gasteiger partial charge in [-0.2, -0.15) is 0 Å². The lowest BCUT2D eigenvalue weighted by molar-refractivity contribution is -0.143. The average molecular weight is 844 g/mol. The lowest BCUT2D eigenvalue weighted by Crippen LogP contribution is -2.45. The maximum atomic E-state index is 12.4. The Kier molecular flexibility index (Phi) is 48.1. The van der Waals surface area contributed by atoms with E-state index in [9.17, 15) is 19.8 Å². The summed E-state index contributed by atoms with van der Waals surface area (Å²) in [7, 11) is 0. The maximum absolute atomic E-state index is 12.4. The molecule has 0 aromatic heterocycles. The first-order chi connectivity index (χ1) is 29.5. The van der Waals surface area contributed by atoms with E-state index in [1.807, 2.05) is 0 Å². The smallest absolute Gasteiger partial charge is 0.305 e. The van der Waals surface area contributed by atoms with E-state index >= 15 is 0 Å². The molecule has 0 saturated carbocycles. The number of hydrogen-bond donors (Lipinski definition) is 3. The van der Waals surface area contributed by atoms with Gasteiger partial charge in [0, 0.05) is 12.8 Å². The highest BCUT2D eigenvalue weighted by Gasteiger charge is 2.20. The van der Waals surface area contributed by atoms with Crippen molar-refractivity contribution in [3.63, 3.8) is 0 Å². The van der Waals surface area contributed by atoms with E-state index in [2.05, 4.69) is 55.6 Å². The fourth-order valence-corrected chi connectivity index (χ4v) is 7.86. The van der Waals surface area contributed by atoms with Crippen molar-refractivity contribution in [3.05, 3.63) is 36.5 Å². The number of hydrogen-bond acceptors (Lipinski definition) is 5. The molecule has 0 aliphatic rings. The molecular weight excluding hydrogens is 743 g/mol. The highest BCUT2D eigenvalue weighted by Crippen LogP contribution is 2.15. The fourth-order valence-electron chi connectivity index (χ4n) is 7.86. The van der Waals surface area contributed by atoms with Crippen LogP contribution in [0.25, 0.3) is 0 Å². The molecule has 0 aliphatic heterocycles. The summed E-state index contributed by atoms with van der Waals surface area (Å²) in [5.74, 6) is -0.0886. The van der Waals surface area contributed by atoms with Crippen molar-refractivity contribution in [2.75, 3.05) is 13.2 Å². The van der Waals surface area contributed by atoms with Crippen LogP contribution in [0.2, 0.25) is 0 Å². The van der Waals surface area contributed by atoms with Crippen LogP contribution in [0.3, 0.4) is 0 Å². The van der Waals surface area contributed by atoms with Crippen molar-refractivity contribution in [1.82, 2.24) is 5.32 Å². The third kappa shape index (κ3) is 45.6. The van der Waals surface area contributed by atoms with Crippen molar-refractivity contribution >= 4 is 11.9 Å². The Labute approximate surface area is 373 Å². The van der Waals surface area contributed by atoms with Crippen LogP contribution >= 0.6 is 0 Å². The minimum Gasteiger partial charge on any atom is -0.466 e. The number of unbranched alkanes of at least 4 members (excludes halogenated alkanes) is 32. The largest absolute Gasteiger partial charge is 0.466 e. The molecule has 0 aromatic carbocycles. The molecule has 0 fully saturated rings. The number of carbonyl (C=O) groups is 2. The number of allylic oxidation sites excluding steroid dienone is 6. The molecule has 0 aromatic rings. The fraction of sp³-hybridized carbons (Fsp3) is 0.852. The Morgan fingerprint density at radius 3 is 1.28 bits per heavy atom. The number of esters is 1. The van der Waals surface area contributed by atoms with Gasteiger partial charge in [0.25, 0.3) is 0 Å². The quantitative estimate of drug-likeness (QED) is 0.0245. The zero-order valence-corrected chi connectivity index (χ0v) is 39.9. The zero-order chi connectivity index (χ0) is 43.7. The molecule has 0 aliphatic carbocycles. The second-order valence-electron chi connectivity index (χ2n) is 17.9. The molecule has 352 valence electrons. The third-order valence-corrected chi connectivity index (χ3v) is 11.9. The number of aliphatic hydroxyl groups is 2. The Bertz CT molecular complexity index is 977. The van der Waals surface area contributed by atoms with E-state index in [0.717, 1.165) is 77.0 Å². The summed E-state index contributed by atoms with van der Waals surface area (Å²) in [4.78, 5) is 24.4. The van der Waals surface area contributed by atoms with Crippen LogP contribution in [-0.2, 0) is 14.3 Å². The lowest BCUT2D eigenvalue weighted by Gasteiger charge is -2.22. The Balaban J connectivity index is 3.52. The number of aliphatic hydroxyl groups excluding tert-OH is 2. The van der Waals surface area contributed by atoms with Crippen LogP contribution in [0.5, 0.6) is 0 Å². The van der Waals surface area contributed by atoms with Crippen LogP contribution in [0.15, 0.2) is 36.5 Å². The molecule has 2 atom stereocenters. The zero-order valence-electron chi connectivity index (χ0n) is 39.9. The third-order valence-electron chi connectivity index (χ3n) is 11.9. The summed E-state index contributed by atoms with van der Waals surface area (Å²) >= 11 is 0. The molecule has 1 amide bonds. The Morgan fingerprint density at radius 1 is 0.467 bits per heavy atom. The SMILES string of the molecule is CCCCCCCCC/C=C\CCCCCCCC(=O)OCCCCC/C=C\C=C/CCCCCCCCC(=O)NC(CO)C(O)CCCCCCCCCCCCCC. The van der Waals surface area contributed by atoms with E-state index in [0.29, 0.717) is 25.9 Å². The lowest BCUT2D eigenvalue weighted by atomic mass is 10.0. The van der Waals surface area contributed by atoms with E-state index in [1.54, 1.807) is 0 Å². The van der Waals surface area contributed by atoms with Crippen molar-refractivity contribution in [2.24, 2.45) is 0 Å². The van der Waals surface area contributed by atoms with Gasteiger partial charge in [-0.05, 0) is 83.5 Å². The van der Waals surface area contributed by atoms with Gasteiger partial charge in [-0.1, -0.05) is 211 Å². The van der Waals surface area contributed by atoms with Gasteiger partial charge in [-0.25, -0.2) is 0 Å². The van der Waals surface area contributed by atoms with Crippen LogP contribution < -0.4 is 5.32 Å². The average Bonchev–Trinajstić information content (AvgIpc) is 3.25. The summed E-state index contributed by atoms with van der Waals surface area (Å²) in [5, 5.41) is 23.1. The summed E-state index contributed by atoms with van der Waals surface area (Å²) < 4.78 is 5.44. The molecule has 6 heteroatoms. The van der Waals surface area contributed by atoms with Crippen molar-refractivity contribution in [1.29, 1.82) is 0 Å². The second kappa shape index (κ2) is 49.7. The standard InChI is InChI=1S/C54H101NO5/c1-3-5-7-9-11-13-15-17-18-21-24-28-32-36-40-44-48-54(59)60-49-45-41-37-33-29-25-22-19-20-23-27-31-35-39-43-47-53(58)55-51(50-56)52(57)46-42-38-34-30-26-16-14-12-10-8-6-4-2/h18-19,21-22,25,29,51-52,56-57H,3-17,20,23-24,26-28,30-50H2,1-2H3,(H,55,58)/b21-18-,22-19-,29-25-. The van der Waals surface area contributed by atoms with Crippen LogP contribution in [0, 0.1) is 0 Å². The molecule has 6 nitrogen and oxygen atoms in total. The number of nitrogens with one attached hydrogen (secondary N) is 1. The maximum Gasteiger partial charge on any atom is 0.305 e. The van der Waals surface area contributed by atoms with Crippen molar-refractivity contribution in [2.45, 2.75) is 283 Å². The number of rotatable bonds is 48. The molecule has 0 radical (unpaired) electrons. The van der Waals surface area contributed by atoms with E-state index in [1.165, 1.54) is 161 Å². The van der Waals surface area contributed by atoms with Crippen LogP contribution in [0.1, 0.15) is 271 Å². The van der Waals surface area contributed by atoms with Gasteiger partial charge in [0.05, 0.1) is 25.4 Å². The van der Waals surface area contributed by atoms with Gasteiger partial charge >= 0.3 is 5.97 Å². The molecule has 0 spiro atoms. The van der Waals surface area contributed by atoms with Gasteiger partial charge in [0.2, 0.25) is 5.91 Å². The molecule has 0 rings (SSSR count). The minimum atomic E-state index is -0.678. The van der Waals surface area contributed by atoms with E-state index in [-0.39, 0.29) is 18.5 Å². The molecule has 60 heavy (non-hydrogen) atoms. The Morgan fingerprint density at radius 2 is 0.833 bits per heavy atom. The van der Waals surface area contributed by atoms with Crippen molar-refractivity contribution in [3.8, 4) is 0 Å². The highest BCUT2D eigenvalue weighted by atomic mass is 16.5. The van der Waals surface area contributed by atoms with Crippen LogP contribution in [-0.4, -0.2) is 47.4 Å². The normalized spacial score (nSPS) is 12.9. The minimum absolute atomic E-state index is 0.0296. The first-order valence-corrected chi connectivity index (χ1v) is 26.3. The first-order valence-electron chi connectivity index (χ1n) is 26.3. The Hall–Kier alpha value is -1.92. The molecule has 2 unspecified atom stereocenters. The molecule has 3 N–H and O–H groups in total. The van der Waals surface area contributed by atoms with Gasteiger partial charge in [0.15, 0.2) is 0 Å². The number of amides is 1. The first kappa shape index (κ1) is 58.1. The second-order valence-corrected chi connectivity index (χ2v) is 17.9. The molecular formula is C54H101NO5. The highest BCUT2D eigenvalue weighted by molar-refractivity contribution is 5.76. The predicted molar refractivity (Wildman–Crippen MR) is 259 cm³/mol. The topological polar surface area (TPSA) is 95.9 Å². The van der Waals surface area contributed by atoms with Gasteiger partial charge in [0.1, 0.15) is 0 Å². The monoisotopic (exact) mass is 844 g/mol. The molecule has 0 saturated heterocycles. The molecule has 0 bridgehead atoms. The summed E-state index contributed by atoms with van der Waals surface area (Å²) in [5.41, 5.74) is 0. The van der Waals surface area contributed by atoms with E-state index < -0.39 is 12.1 Å². The van der Waals surface area contributed by atoms with Crippen molar-refractivity contribution < 1.29 is 24.5 Å². The van der Waals surface area contributed by atoms with Gasteiger partial charge < -0.3 is 20.3 Å². The summed E-state index contributed by atoms with van der Waals surface area (Å²) in [6.07, 6.45) is 59.7. The molecule has 0 heterocycles. The van der Waals surface area contributed by atoms with Gasteiger partial charge in [-0.3, -0.25) is 9.59 Å². The number of ether oxygens (including phenoxy) is 1.